The van der Waals surface area contributed by atoms with Crippen LogP contribution in [0.25, 0.3) is 0 Å². The van der Waals surface area contributed by atoms with Crippen LogP contribution in [0.4, 0.5) is 0 Å². The van der Waals surface area contributed by atoms with Gasteiger partial charge in [-0.05, 0) is 43.4 Å². The van der Waals surface area contributed by atoms with Crippen molar-refractivity contribution in [2.24, 2.45) is 11.8 Å². The Labute approximate surface area is 107 Å². The smallest absolute Gasteiger partial charge is 0.0639 e. The van der Waals surface area contributed by atoms with Gasteiger partial charge in [-0.15, -0.1) is 0 Å². The molecule has 88 valence electrons. The molecule has 1 N–H and O–H groups in total. The number of hydrogen-bond acceptors (Lipinski definition) is 1. The van der Waals surface area contributed by atoms with Gasteiger partial charge in [-0.1, -0.05) is 42.3 Å². The molecule has 1 aliphatic rings. The maximum Gasteiger partial charge on any atom is 0.0639 e. The Kier molecular flexibility index (Phi) is 3.78. The molecule has 16 heavy (non-hydrogen) atoms. The van der Waals surface area contributed by atoms with Gasteiger partial charge in [0.2, 0.25) is 0 Å². The van der Waals surface area contributed by atoms with Gasteiger partial charge in [-0.3, -0.25) is 0 Å². The summed E-state index contributed by atoms with van der Waals surface area (Å²) in [6, 6.07) is 6.06. The van der Waals surface area contributed by atoms with E-state index in [2.05, 4.69) is 19.2 Å². The maximum absolute atomic E-state index is 6.18. The Hall–Kier alpha value is -0.240. The van der Waals surface area contributed by atoms with E-state index in [1.54, 1.807) is 0 Å². The second-order valence-corrected chi connectivity index (χ2v) is 5.53. The lowest BCUT2D eigenvalue weighted by Gasteiger charge is -2.16. The van der Waals surface area contributed by atoms with Crippen LogP contribution < -0.4 is 5.32 Å². The van der Waals surface area contributed by atoms with E-state index in [0.717, 1.165) is 23.9 Å². The number of nitrogens with one attached hydrogen (secondary N) is 1. The monoisotopic (exact) mass is 257 g/mol. The predicted molar refractivity (Wildman–Crippen MR) is 70.2 cm³/mol. The number of benzene rings is 1. The van der Waals surface area contributed by atoms with Crippen LogP contribution in [0.2, 0.25) is 10.0 Å². The van der Waals surface area contributed by atoms with E-state index >= 15 is 0 Å². The summed E-state index contributed by atoms with van der Waals surface area (Å²) in [5.74, 6) is 1.73. The lowest BCUT2D eigenvalue weighted by atomic mass is 10.1. The predicted octanol–water partition coefficient (Wildman–Crippen LogP) is 4.30. The molecule has 3 unspecified atom stereocenters. The molecule has 3 atom stereocenters. The van der Waals surface area contributed by atoms with Crippen molar-refractivity contribution < 1.29 is 0 Å². The second kappa shape index (κ2) is 4.95. The Morgan fingerprint density at radius 2 is 2.12 bits per heavy atom. The molecule has 1 aromatic carbocycles. The Bertz CT molecular complexity index is 378. The molecule has 1 saturated carbocycles. The van der Waals surface area contributed by atoms with Crippen molar-refractivity contribution in [3.05, 3.63) is 33.8 Å². The van der Waals surface area contributed by atoms with Gasteiger partial charge in [-0.25, -0.2) is 0 Å². The highest BCUT2D eigenvalue weighted by Gasteiger charge is 2.32. The van der Waals surface area contributed by atoms with Crippen molar-refractivity contribution in [1.82, 2.24) is 5.32 Å². The van der Waals surface area contributed by atoms with Crippen LogP contribution >= 0.6 is 23.2 Å². The molecule has 1 nitrogen and oxygen atoms in total. The summed E-state index contributed by atoms with van der Waals surface area (Å²) in [4.78, 5) is 0. The van der Waals surface area contributed by atoms with E-state index in [-0.39, 0.29) is 6.04 Å². The zero-order valence-corrected chi connectivity index (χ0v) is 11.1. The minimum Gasteiger partial charge on any atom is -0.310 e. The third-order valence-electron chi connectivity index (χ3n) is 3.41. The summed E-state index contributed by atoms with van der Waals surface area (Å²) in [5, 5.41) is 4.82. The van der Waals surface area contributed by atoms with Crippen molar-refractivity contribution in [2.45, 2.75) is 26.3 Å². The zero-order chi connectivity index (χ0) is 11.7. The molecule has 1 aromatic rings. The molecule has 1 aliphatic carbocycles. The van der Waals surface area contributed by atoms with Crippen LogP contribution in [0.15, 0.2) is 18.2 Å². The molecule has 0 aliphatic heterocycles. The van der Waals surface area contributed by atoms with Crippen molar-refractivity contribution in [1.29, 1.82) is 0 Å². The first-order valence-corrected chi connectivity index (χ1v) is 6.52. The zero-order valence-electron chi connectivity index (χ0n) is 9.63. The molecule has 3 heteroatoms. The second-order valence-electron chi connectivity index (χ2n) is 4.75. The maximum atomic E-state index is 6.18. The molecule has 0 spiro atoms. The first kappa shape index (κ1) is 12.2. The summed E-state index contributed by atoms with van der Waals surface area (Å²) < 4.78 is 0. The molecule has 2 rings (SSSR count). The van der Waals surface area contributed by atoms with Crippen LogP contribution in [0.1, 0.15) is 31.9 Å². The van der Waals surface area contributed by atoms with Gasteiger partial charge in [0.05, 0.1) is 10.0 Å². The van der Waals surface area contributed by atoms with Gasteiger partial charge in [0, 0.05) is 6.04 Å². The molecule has 0 radical (unpaired) electrons. The summed E-state index contributed by atoms with van der Waals surface area (Å²) in [6.07, 6.45) is 1.35. The average Bonchev–Trinajstić information content (AvgIpc) is 2.95. The van der Waals surface area contributed by atoms with Crippen LogP contribution in [0.3, 0.4) is 0 Å². The minimum atomic E-state index is 0.263. The quantitative estimate of drug-likeness (QED) is 0.849. The lowest BCUT2D eigenvalue weighted by molar-refractivity contribution is 0.535. The number of hydrogen-bond donors (Lipinski definition) is 1. The Balaban J connectivity index is 1.97. The van der Waals surface area contributed by atoms with Gasteiger partial charge >= 0.3 is 0 Å². The molecule has 0 saturated heterocycles. The van der Waals surface area contributed by atoms with Crippen LogP contribution in [0, 0.1) is 11.8 Å². The van der Waals surface area contributed by atoms with E-state index in [9.17, 15) is 0 Å². The minimum absolute atomic E-state index is 0.263. The van der Waals surface area contributed by atoms with E-state index in [1.165, 1.54) is 6.42 Å². The van der Waals surface area contributed by atoms with Crippen molar-refractivity contribution in [2.75, 3.05) is 6.54 Å². The van der Waals surface area contributed by atoms with Gasteiger partial charge in [-0.2, -0.15) is 0 Å². The molecular formula is C13H17Cl2N. The highest BCUT2D eigenvalue weighted by Crippen LogP contribution is 2.37. The molecule has 0 bridgehead atoms. The molecular weight excluding hydrogens is 241 g/mol. The fourth-order valence-corrected chi connectivity index (χ4v) is 2.45. The Morgan fingerprint density at radius 3 is 2.75 bits per heavy atom. The van der Waals surface area contributed by atoms with Gasteiger partial charge in [0.1, 0.15) is 0 Å². The summed E-state index contributed by atoms with van der Waals surface area (Å²) in [5.41, 5.74) is 1.09. The topological polar surface area (TPSA) is 12.0 Å². The highest BCUT2D eigenvalue weighted by atomic mass is 35.5. The van der Waals surface area contributed by atoms with Crippen LogP contribution in [-0.4, -0.2) is 6.54 Å². The Morgan fingerprint density at radius 1 is 1.44 bits per heavy atom. The van der Waals surface area contributed by atoms with E-state index in [1.807, 2.05) is 18.2 Å². The third kappa shape index (κ3) is 2.71. The largest absolute Gasteiger partial charge is 0.310 e. The fourth-order valence-electron chi connectivity index (χ4n) is 1.98. The molecule has 0 heterocycles. The normalized spacial score (nSPS) is 25.5. The van der Waals surface area contributed by atoms with Gasteiger partial charge < -0.3 is 5.32 Å². The van der Waals surface area contributed by atoms with Gasteiger partial charge in [0.15, 0.2) is 0 Å². The van der Waals surface area contributed by atoms with Crippen LogP contribution in [0.5, 0.6) is 0 Å². The summed E-state index contributed by atoms with van der Waals surface area (Å²) >= 11 is 12.2. The molecule has 0 aromatic heterocycles. The van der Waals surface area contributed by atoms with Crippen molar-refractivity contribution >= 4 is 23.2 Å². The lowest BCUT2D eigenvalue weighted by Crippen LogP contribution is -2.21. The first-order valence-electron chi connectivity index (χ1n) is 5.77. The van der Waals surface area contributed by atoms with Crippen molar-refractivity contribution in [3.63, 3.8) is 0 Å². The summed E-state index contributed by atoms with van der Waals surface area (Å²) in [7, 11) is 0. The van der Waals surface area contributed by atoms with E-state index in [0.29, 0.717) is 10.0 Å². The third-order valence-corrected chi connectivity index (χ3v) is 4.24. The average molecular weight is 258 g/mol. The SMILES string of the molecule is CC(NCC1CC1C)c1cccc(Cl)c1Cl. The molecule has 0 amide bonds. The number of halogens is 2. The highest BCUT2D eigenvalue weighted by molar-refractivity contribution is 6.42. The summed E-state index contributed by atoms with van der Waals surface area (Å²) in [6.45, 7) is 5.50. The first-order chi connectivity index (χ1) is 7.59. The van der Waals surface area contributed by atoms with E-state index < -0.39 is 0 Å². The van der Waals surface area contributed by atoms with E-state index in [4.69, 9.17) is 23.2 Å². The molecule has 1 fully saturated rings. The van der Waals surface area contributed by atoms with Crippen molar-refractivity contribution in [3.8, 4) is 0 Å². The van der Waals surface area contributed by atoms with Gasteiger partial charge in [0.25, 0.3) is 0 Å². The fraction of sp³-hybridized carbons (Fsp3) is 0.538. The number of rotatable bonds is 4. The van der Waals surface area contributed by atoms with Crippen LogP contribution in [-0.2, 0) is 0 Å². The standard InChI is InChI=1S/C13H17Cl2N/c1-8-6-10(8)7-16-9(2)11-4-3-5-12(14)13(11)15/h3-5,8-10,16H,6-7H2,1-2H3.